The summed E-state index contributed by atoms with van der Waals surface area (Å²) in [4.78, 5) is 46.2. The van der Waals surface area contributed by atoms with E-state index in [0.29, 0.717) is 62.1 Å². The zero-order valence-electron chi connectivity index (χ0n) is 24.0. The van der Waals surface area contributed by atoms with Crippen LogP contribution in [0.2, 0.25) is 0 Å². The fourth-order valence-corrected chi connectivity index (χ4v) is 6.21. The lowest BCUT2D eigenvalue weighted by Gasteiger charge is -2.29. The number of fused-ring (bicyclic) bond motifs is 1. The number of amides is 1. The number of carboxylic acids is 1. The van der Waals surface area contributed by atoms with Crippen molar-refractivity contribution >= 4 is 29.3 Å². The van der Waals surface area contributed by atoms with E-state index in [4.69, 9.17) is 14.1 Å². The van der Waals surface area contributed by atoms with Crippen molar-refractivity contribution in [3.05, 3.63) is 108 Å². The molecule has 1 aliphatic heterocycles. The summed E-state index contributed by atoms with van der Waals surface area (Å²) < 4.78 is 13.7. The Hall–Kier alpha value is -4.70. The van der Waals surface area contributed by atoms with Crippen LogP contribution in [-0.4, -0.2) is 46.6 Å². The number of carboxylic acid groups (broad SMARTS) is 1. The number of likely N-dealkylation sites (N-methyl/N-ethyl adjacent to an activating group) is 1. The molecule has 0 fully saturated rings. The van der Waals surface area contributed by atoms with Crippen LogP contribution in [0.5, 0.6) is 5.75 Å². The number of hydrogen-bond donors (Lipinski definition) is 1. The third kappa shape index (κ3) is 5.09. The van der Waals surface area contributed by atoms with Crippen LogP contribution >= 0.6 is 11.3 Å². The molecule has 0 radical (unpaired) electrons. The minimum atomic E-state index is -1.03. The molecule has 1 aliphatic rings. The molecule has 0 saturated carbocycles. The van der Waals surface area contributed by atoms with Gasteiger partial charge in [-0.2, -0.15) is 0 Å². The van der Waals surface area contributed by atoms with E-state index in [1.807, 2.05) is 45.0 Å². The Bertz CT molecular complexity index is 1910. The highest BCUT2D eigenvalue weighted by Gasteiger charge is 2.35. The second kappa shape index (κ2) is 11.7. The Balaban J connectivity index is 1.66. The second-order valence-electron chi connectivity index (χ2n) is 9.84. The first-order valence-corrected chi connectivity index (χ1v) is 14.4. The molecule has 9 nitrogen and oxygen atoms in total. The van der Waals surface area contributed by atoms with E-state index in [0.717, 1.165) is 5.56 Å². The quantitative estimate of drug-likeness (QED) is 0.328. The van der Waals surface area contributed by atoms with Crippen molar-refractivity contribution in [2.75, 3.05) is 20.2 Å². The molecule has 0 bridgehead atoms. The smallest absolute Gasteiger partial charge is 0.335 e. The number of carbonyl (C=O) groups excluding carboxylic acids is 1. The zero-order chi connectivity index (χ0) is 30.1. The van der Waals surface area contributed by atoms with Gasteiger partial charge in [0.2, 0.25) is 0 Å². The van der Waals surface area contributed by atoms with Crippen LogP contribution < -0.4 is 19.6 Å². The molecule has 10 heteroatoms. The molecule has 1 amide bonds. The molecular weight excluding hydrogens is 554 g/mol. The van der Waals surface area contributed by atoms with Gasteiger partial charge in [-0.25, -0.2) is 9.79 Å². The zero-order valence-corrected chi connectivity index (χ0v) is 24.8. The average molecular weight is 586 g/mol. The topological polar surface area (TPSA) is 114 Å². The molecule has 42 heavy (non-hydrogen) atoms. The van der Waals surface area contributed by atoms with Gasteiger partial charge in [-0.05, 0) is 63.6 Å². The van der Waals surface area contributed by atoms with Crippen molar-refractivity contribution in [1.29, 1.82) is 0 Å². The molecule has 1 N–H and O–H groups in total. The number of aryl methyl sites for hydroxylation is 1. The second-order valence-corrected chi connectivity index (χ2v) is 10.8. The molecular formula is C32H31N3O6S. The number of ether oxygens (including phenoxy) is 1. The number of benzene rings is 2. The van der Waals surface area contributed by atoms with Gasteiger partial charge in [0.15, 0.2) is 4.80 Å². The summed E-state index contributed by atoms with van der Waals surface area (Å²) in [5.74, 6) is 0.277. The maximum atomic E-state index is 14.0. The highest BCUT2D eigenvalue weighted by Crippen LogP contribution is 2.36. The monoisotopic (exact) mass is 585 g/mol. The first-order chi connectivity index (χ1) is 20.2. The minimum absolute atomic E-state index is 0.156. The summed E-state index contributed by atoms with van der Waals surface area (Å²) in [6.07, 6.45) is 1.65. The Morgan fingerprint density at radius 1 is 1.12 bits per heavy atom. The maximum absolute atomic E-state index is 14.0. The van der Waals surface area contributed by atoms with Crippen molar-refractivity contribution < 1.29 is 23.8 Å². The number of aromatic carboxylic acids is 1. The van der Waals surface area contributed by atoms with Gasteiger partial charge >= 0.3 is 5.97 Å². The summed E-state index contributed by atoms with van der Waals surface area (Å²) in [6, 6.07) is 15.0. The van der Waals surface area contributed by atoms with E-state index in [9.17, 15) is 19.5 Å². The third-order valence-corrected chi connectivity index (χ3v) is 8.37. The van der Waals surface area contributed by atoms with E-state index in [2.05, 4.69) is 0 Å². The normalized spacial score (nSPS) is 14.9. The minimum Gasteiger partial charge on any atom is -0.496 e. The van der Waals surface area contributed by atoms with Crippen molar-refractivity contribution in [2.24, 2.45) is 4.99 Å². The van der Waals surface area contributed by atoms with Crippen LogP contribution in [0.15, 0.2) is 80.1 Å². The van der Waals surface area contributed by atoms with Crippen molar-refractivity contribution in [3.8, 4) is 17.1 Å². The number of methoxy groups -OCH3 is 1. The molecule has 2 aromatic heterocycles. The van der Waals surface area contributed by atoms with Crippen LogP contribution in [0.25, 0.3) is 17.4 Å². The molecule has 5 rings (SSSR count). The lowest BCUT2D eigenvalue weighted by molar-refractivity contribution is -0.127. The molecule has 3 heterocycles. The summed E-state index contributed by atoms with van der Waals surface area (Å²) in [5.41, 5.74) is 3.02. The van der Waals surface area contributed by atoms with Gasteiger partial charge in [-0.3, -0.25) is 14.2 Å². The number of furan rings is 1. The van der Waals surface area contributed by atoms with Crippen molar-refractivity contribution in [1.82, 2.24) is 9.47 Å². The van der Waals surface area contributed by atoms with E-state index in [-0.39, 0.29) is 17.0 Å². The number of rotatable bonds is 8. The van der Waals surface area contributed by atoms with E-state index in [1.165, 1.54) is 11.3 Å². The van der Waals surface area contributed by atoms with Gasteiger partial charge in [0, 0.05) is 30.3 Å². The molecule has 0 saturated heterocycles. The molecule has 1 atom stereocenters. The highest BCUT2D eigenvalue weighted by molar-refractivity contribution is 7.07. The van der Waals surface area contributed by atoms with Gasteiger partial charge < -0.3 is 19.2 Å². The van der Waals surface area contributed by atoms with Gasteiger partial charge in [0.05, 0.1) is 28.5 Å². The van der Waals surface area contributed by atoms with Crippen LogP contribution in [0.4, 0.5) is 0 Å². The molecule has 0 aliphatic carbocycles. The summed E-state index contributed by atoms with van der Waals surface area (Å²) in [7, 11) is 1.56. The van der Waals surface area contributed by atoms with Crippen LogP contribution in [0, 0.1) is 6.92 Å². The molecule has 0 spiro atoms. The van der Waals surface area contributed by atoms with Crippen molar-refractivity contribution in [3.63, 3.8) is 0 Å². The lowest BCUT2D eigenvalue weighted by Crippen LogP contribution is -2.43. The number of thiazole rings is 1. The average Bonchev–Trinajstić information content (AvgIpc) is 3.56. The van der Waals surface area contributed by atoms with Crippen LogP contribution in [-0.2, 0) is 4.79 Å². The summed E-state index contributed by atoms with van der Waals surface area (Å²) >= 11 is 1.21. The van der Waals surface area contributed by atoms with Gasteiger partial charge in [-0.1, -0.05) is 35.6 Å². The number of allylic oxidation sites excluding steroid dienone is 1. The Kier molecular flexibility index (Phi) is 8.00. The summed E-state index contributed by atoms with van der Waals surface area (Å²) in [6.45, 7) is 8.54. The fraction of sp³-hybridized carbons (Fsp3) is 0.250. The third-order valence-electron chi connectivity index (χ3n) is 7.39. The number of nitrogens with zero attached hydrogens (tertiary/aromatic N) is 3. The van der Waals surface area contributed by atoms with E-state index >= 15 is 0 Å². The molecule has 2 aromatic carbocycles. The highest BCUT2D eigenvalue weighted by atomic mass is 32.1. The van der Waals surface area contributed by atoms with Crippen LogP contribution in [0.1, 0.15) is 54.1 Å². The molecule has 0 unspecified atom stereocenters. The van der Waals surface area contributed by atoms with Crippen LogP contribution in [0.3, 0.4) is 0 Å². The molecule has 4 aromatic rings. The number of aromatic nitrogens is 1. The number of hydrogen-bond acceptors (Lipinski definition) is 7. The Labute approximate surface area is 246 Å². The van der Waals surface area contributed by atoms with Gasteiger partial charge in [-0.15, -0.1) is 0 Å². The van der Waals surface area contributed by atoms with Crippen molar-refractivity contribution in [2.45, 2.75) is 33.7 Å². The molecule has 216 valence electrons. The summed E-state index contributed by atoms with van der Waals surface area (Å²) in [5, 5.41) is 9.41. The number of carbonyl (C=O) groups is 2. The standard InChI is InChI=1S/C32H31N3O6S/c1-6-34(7-2)30(37)27-19(4)33-32-35(28(27)22-10-8-9-11-24(22)40-5)29(36)26(42-32)17-21-14-15-25(41-21)23-16-20(31(38)39)13-12-18(23)3/h8-17,28H,6-7H2,1-5H3,(H,38,39)/b26-17+/t28-/m1/s1. The Morgan fingerprint density at radius 2 is 1.86 bits per heavy atom. The predicted molar refractivity (Wildman–Crippen MR) is 161 cm³/mol. The first kappa shape index (κ1) is 28.8. The lowest BCUT2D eigenvalue weighted by atomic mass is 9.94. The van der Waals surface area contributed by atoms with Gasteiger partial charge in [0.1, 0.15) is 23.3 Å². The van der Waals surface area contributed by atoms with E-state index in [1.54, 1.807) is 59.9 Å². The maximum Gasteiger partial charge on any atom is 0.335 e. The Morgan fingerprint density at radius 3 is 2.55 bits per heavy atom. The van der Waals surface area contributed by atoms with Gasteiger partial charge in [0.25, 0.3) is 11.5 Å². The largest absolute Gasteiger partial charge is 0.496 e. The number of para-hydroxylation sites is 1. The first-order valence-electron chi connectivity index (χ1n) is 13.6. The van der Waals surface area contributed by atoms with E-state index < -0.39 is 12.0 Å². The fourth-order valence-electron chi connectivity index (χ4n) is 5.19. The SMILES string of the molecule is CCN(CC)C(=O)C1=C(C)N=c2s/c(=C/c3ccc(-c4cc(C(=O)O)ccc4C)o3)c(=O)n2[C@@H]1c1ccccc1OC. The predicted octanol–water partition coefficient (Wildman–Crippen LogP) is 4.38.